The molecule has 0 aliphatic rings. The summed E-state index contributed by atoms with van der Waals surface area (Å²) in [6.07, 6.45) is 0.853. The Morgan fingerprint density at radius 2 is 1.65 bits per heavy atom. The molecule has 1 atom stereocenters. The fourth-order valence-electron chi connectivity index (χ4n) is 1.86. The van der Waals surface area contributed by atoms with Gasteiger partial charge in [-0.05, 0) is 24.3 Å². The van der Waals surface area contributed by atoms with E-state index in [1.165, 1.54) is 0 Å². The molecule has 92 valence electrons. The minimum Gasteiger partial charge on any atom is -0.481 e. The zero-order valence-corrected chi connectivity index (χ0v) is 9.67. The highest BCUT2D eigenvalue weighted by atomic mass is 16.4. The molecular formula is C13H16O4. The van der Waals surface area contributed by atoms with Crippen LogP contribution in [0, 0.1) is 5.92 Å². The third-order valence-corrected chi connectivity index (χ3v) is 2.88. The molecule has 0 saturated heterocycles. The average molecular weight is 236 g/mol. The summed E-state index contributed by atoms with van der Waals surface area (Å²) < 4.78 is 0. The molecule has 0 spiro atoms. The van der Waals surface area contributed by atoms with Gasteiger partial charge >= 0.3 is 11.9 Å². The summed E-state index contributed by atoms with van der Waals surface area (Å²) >= 11 is 0. The minimum absolute atomic E-state index is 0.0339. The van der Waals surface area contributed by atoms with Gasteiger partial charge in [0.25, 0.3) is 0 Å². The second-order valence-electron chi connectivity index (χ2n) is 3.98. The van der Waals surface area contributed by atoms with Crippen molar-refractivity contribution in [1.82, 2.24) is 0 Å². The van der Waals surface area contributed by atoms with E-state index in [0.29, 0.717) is 0 Å². The third-order valence-electron chi connectivity index (χ3n) is 2.88. The van der Waals surface area contributed by atoms with Gasteiger partial charge in [0.1, 0.15) is 0 Å². The second kappa shape index (κ2) is 6.03. The first-order valence-electron chi connectivity index (χ1n) is 5.56. The molecule has 4 heteroatoms. The van der Waals surface area contributed by atoms with Crippen molar-refractivity contribution in [2.24, 2.45) is 5.92 Å². The summed E-state index contributed by atoms with van der Waals surface area (Å²) in [4.78, 5) is 21.7. The van der Waals surface area contributed by atoms with Crippen LogP contribution in [0.5, 0.6) is 0 Å². The molecule has 1 aromatic carbocycles. The molecule has 17 heavy (non-hydrogen) atoms. The van der Waals surface area contributed by atoms with Gasteiger partial charge in [-0.2, -0.15) is 0 Å². The van der Waals surface area contributed by atoms with E-state index < -0.39 is 17.9 Å². The van der Waals surface area contributed by atoms with Crippen LogP contribution in [0.1, 0.15) is 31.2 Å². The van der Waals surface area contributed by atoms with Crippen molar-refractivity contribution in [1.29, 1.82) is 0 Å². The number of hydrogen-bond donors (Lipinski definition) is 2. The fraction of sp³-hybridized carbons (Fsp3) is 0.385. The molecule has 0 aromatic heterocycles. The van der Waals surface area contributed by atoms with E-state index in [4.69, 9.17) is 10.2 Å². The van der Waals surface area contributed by atoms with Gasteiger partial charge in [-0.25, -0.2) is 0 Å². The highest BCUT2D eigenvalue weighted by Gasteiger charge is 2.29. The van der Waals surface area contributed by atoms with Crippen LogP contribution in [0.25, 0.3) is 0 Å². The first kappa shape index (κ1) is 13.2. The van der Waals surface area contributed by atoms with Gasteiger partial charge in [0.15, 0.2) is 5.92 Å². The van der Waals surface area contributed by atoms with Crippen LogP contribution in [-0.4, -0.2) is 22.2 Å². The lowest BCUT2D eigenvalue weighted by Crippen LogP contribution is -2.25. The van der Waals surface area contributed by atoms with Crippen molar-refractivity contribution in [2.75, 3.05) is 0 Å². The van der Waals surface area contributed by atoms with Crippen LogP contribution in [0.15, 0.2) is 30.3 Å². The topological polar surface area (TPSA) is 74.6 Å². The van der Waals surface area contributed by atoms with E-state index in [1.807, 2.05) is 37.3 Å². The molecule has 4 nitrogen and oxygen atoms in total. The molecule has 0 saturated carbocycles. The molecule has 1 aromatic rings. The molecule has 0 aliphatic carbocycles. The fourth-order valence-corrected chi connectivity index (χ4v) is 1.86. The van der Waals surface area contributed by atoms with Gasteiger partial charge in [-0.3, -0.25) is 9.59 Å². The largest absolute Gasteiger partial charge is 0.481 e. The van der Waals surface area contributed by atoms with E-state index in [-0.39, 0.29) is 12.3 Å². The molecule has 0 radical (unpaired) electrons. The quantitative estimate of drug-likeness (QED) is 0.743. The van der Waals surface area contributed by atoms with Gasteiger partial charge < -0.3 is 10.2 Å². The standard InChI is InChI=1S/C13H16O4/c1-2-9(10-6-4-3-5-7-10)8-11(12(14)15)13(16)17/h3-7,9,11H,2,8H2,1H3,(H,14,15)(H,16,17). The number of carboxylic acid groups (broad SMARTS) is 2. The van der Waals surface area contributed by atoms with Crippen LogP contribution in [0.4, 0.5) is 0 Å². The molecule has 1 rings (SSSR count). The summed E-state index contributed by atoms with van der Waals surface area (Å²) in [5.74, 6) is -3.91. The number of carboxylic acids is 2. The average Bonchev–Trinajstić information content (AvgIpc) is 2.30. The Labute approximate surface area is 99.9 Å². The number of carbonyl (C=O) groups is 2. The Morgan fingerprint density at radius 1 is 1.12 bits per heavy atom. The van der Waals surface area contributed by atoms with Crippen molar-refractivity contribution in [3.8, 4) is 0 Å². The van der Waals surface area contributed by atoms with Crippen molar-refractivity contribution in [3.05, 3.63) is 35.9 Å². The van der Waals surface area contributed by atoms with Gasteiger partial charge in [0.05, 0.1) is 0 Å². The minimum atomic E-state index is -1.33. The van der Waals surface area contributed by atoms with Gasteiger partial charge in [0.2, 0.25) is 0 Å². The van der Waals surface area contributed by atoms with Crippen LogP contribution in [0.3, 0.4) is 0 Å². The van der Waals surface area contributed by atoms with E-state index in [9.17, 15) is 9.59 Å². The Morgan fingerprint density at radius 3 is 2.06 bits per heavy atom. The van der Waals surface area contributed by atoms with Crippen molar-refractivity contribution >= 4 is 11.9 Å². The Hall–Kier alpha value is -1.84. The summed E-state index contributed by atoms with van der Waals surface area (Å²) in [5.41, 5.74) is 0.988. The lowest BCUT2D eigenvalue weighted by Gasteiger charge is -2.17. The monoisotopic (exact) mass is 236 g/mol. The Kier molecular flexibility index (Phi) is 4.69. The Bertz CT molecular complexity index is 372. The smallest absolute Gasteiger partial charge is 0.317 e. The van der Waals surface area contributed by atoms with E-state index in [0.717, 1.165) is 12.0 Å². The van der Waals surface area contributed by atoms with Crippen LogP contribution >= 0.6 is 0 Å². The predicted molar refractivity (Wildman–Crippen MR) is 62.9 cm³/mol. The summed E-state index contributed by atoms with van der Waals surface area (Å²) in [6, 6.07) is 9.41. The van der Waals surface area contributed by atoms with Gasteiger partial charge in [-0.1, -0.05) is 37.3 Å². The van der Waals surface area contributed by atoms with E-state index in [1.54, 1.807) is 0 Å². The highest BCUT2D eigenvalue weighted by Crippen LogP contribution is 2.27. The SMILES string of the molecule is CCC(CC(C(=O)O)C(=O)O)c1ccccc1. The zero-order chi connectivity index (χ0) is 12.8. The van der Waals surface area contributed by atoms with Crippen LogP contribution in [0.2, 0.25) is 0 Å². The second-order valence-corrected chi connectivity index (χ2v) is 3.98. The van der Waals surface area contributed by atoms with E-state index >= 15 is 0 Å². The van der Waals surface area contributed by atoms with Gasteiger partial charge in [-0.15, -0.1) is 0 Å². The maximum Gasteiger partial charge on any atom is 0.317 e. The number of rotatable bonds is 6. The zero-order valence-electron chi connectivity index (χ0n) is 9.67. The highest BCUT2D eigenvalue weighted by molar-refractivity contribution is 5.92. The summed E-state index contributed by atoms with van der Waals surface area (Å²) in [5, 5.41) is 17.7. The number of benzene rings is 1. The summed E-state index contributed by atoms with van der Waals surface area (Å²) in [6.45, 7) is 1.93. The normalized spacial score (nSPS) is 12.4. The van der Waals surface area contributed by atoms with Gasteiger partial charge in [0, 0.05) is 0 Å². The first-order valence-corrected chi connectivity index (χ1v) is 5.56. The molecule has 0 aliphatic heterocycles. The number of aliphatic carboxylic acids is 2. The van der Waals surface area contributed by atoms with Crippen molar-refractivity contribution < 1.29 is 19.8 Å². The van der Waals surface area contributed by atoms with Crippen molar-refractivity contribution in [3.63, 3.8) is 0 Å². The van der Waals surface area contributed by atoms with Crippen LogP contribution in [-0.2, 0) is 9.59 Å². The Balaban J connectivity index is 2.83. The first-order chi connectivity index (χ1) is 8.06. The third kappa shape index (κ3) is 3.59. The maximum absolute atomic E-state index is 10.8. The van der Waals surface area contributed by atoms with E-state index in [2.05, 4.69) is 0 Å². The maximum atomic E-state index is 10.8. The molecule has 0 fully saturated rings. The van der Waals surface area contributed by atoms with Crippen molar-refractivity contribution in [2.45, 2.75) is 25.7 Å². The molecule has 1 unspecified atom stereocenters. The molecule has 0 bridgehead atoms. The predicted octanol–water partition coefficient (Wildman–Crippen LogP) is 2.36. The number of hydrogen-bond acceptors (Lipinski definition) is 2. The molecule has 0 heterocycles. The molecular weight excluding hydrogens is 220 g/mol. The molecule has 0 amide bonds. The lowest BCUT2D eigenvalue weighted by molar-refractivity contribution is -0.155. The van der Waals surface area contributed by atoms with Crippen LogP contribution < -0.4 is 0 Å². The molecule has 2 N–H and O–H groups in total. The lowest BCUT2D eigenvalue weighted by atomic mass is 9.87. The summed E-state index contributed by atoms with van der Waals surface area (Å²) in [7, 11) is 0.